The first kappa shape index (κ1) is 10.6. The van der Waals surface area contributed by atoms with Gasteiger partial charge in [0.1, 0.15) is 5.82 Å². The Morgan fingerprint density at radius 1 is 1.53 bits per heavy atom. The minimum Gasteiger partial charge on any atom is -0.341 e. The standard InChI is InChI=1S/C10H13BrN4/c1-10(2,12)4-8-14-7-3-6(11)5-13-9(7)15-8/h3,5H,4,12H2,1-2H3,(H,13,14,15). The zero-order chi connectivity index (χ0) is 11.1. The molecule has 2 aromatic heterocycles. The highest BCUT2D eigenvalue weighted by molar-refractivity contribution is 9.10. The quantitative estimate of drug-likeness (QED) is 0.876. The fourth-order valence-electron chi connectivity index (χ4n) is 1.44. The summed E-state index contributed by atoms with van der Waals surface area (Å²) in [5.74, 6) is 0.878. The molecule has 80 valence electrons. The average molecular weight is 269 g/mol. The molecule has 3 N–H and O–H groups in total. The van der Waals surface area contributed by atoms with E-state index in [0.29, 0.717) is 6.42 Å². The SMILES string of the molecule is CC(C)(N)Cc1nc2ncc(Br)cc2[nH]1. The van der Waals surface area contributed by atoms with Crippen LogP contribution in [-0.2, 0) is 6.42 Å². The van der Waals surface area contributed by atoms with E-state index in [1.54, 1.807) is 6.20 Å². The van der Waals surface area contributed by atoms with Crippen molar-refractivity contribution in [2.24, 2.45) is 5.73 Å². The number of aromatic amines is 1. The molecule has 2 aromatic rings. The van der Waals surface area contributed by atoms with E-state index in [-0.39, 0.29) is 5.54 Å². The molecular weight excluding hydrogens is 256 g/mol. The molecule has 4 nitrogen and oxygen atoms in total. The maximum atomic E-state index is 5.93. The van der Waals surface area contributed by atoms with Gasteiger partial charge in [0.15, 0.2) is 5.65 Å². The molecule has 5 heteroatoms. The number of imidazole rings is 1. The Kier molecular flexibility index (Phi) is 2.52. The van der Waals surface area contributed by atoms with Crippen molar-refractivity contribution >= 4 is 27.1 Å². The van der Waals surface area contributed by atoms with Crippen molar-refractivity contribution in [1.82, 2.24) is 15.0 Å². The molecule has 0 amide bonds. The number of halogens is 1. The van der Waals surface area contributed by atoms with Gasteiger partial charge in [-0.05, 0) is 35.8 Å². The van der Waals surface area contributed by atoms with Crippen LogP contribution in [0.5, 0.6) is 0 Å². The largest absolute Gasteiger partial charge is 0.341 e. The molecule has 0 aliphatic rings. The van der Waals surface area contributed by atoms with Crippen LogP contribution < -0.4 is 5.73 Å². The highest BCUT2D eigenvalue weighted by Crippen LogP contribution is 2.16. The fraction of sp³-hybridized carbons (Fsp3) is 0.400. The van der Waals surface area contributed by atoms with Gasteiger partial charge < -0.3 is 10.7 Å². The van der Waals surface area contributed by atoms with Crippen molar-refractivity contribution in [3.8, 4) is 0 Å². The Morgan fingerprint density at radius 2 is 2.27 bits per heavy atom. The third-order valence-corrected chi connectivity index (χ3v) is 2.41. The summed E-state index contributed by atoms with van der Waals surface area (Å²) < 4.78 is 0.942. The zero-order valence-corrected chi connectivity index (χ0v) is 10.3. The number of hydrogen-bond acceptors (Lipinski definition) is 3. The Morgan fingerprint density at radius 3 is 2.93 bits per heavy atom. The number of hydrogen-bond donors (Lipinski definition) is 2. The minimum absolute atomic E-state index is 0.259. The summed E-state index contributed by atoms with van der Waals surface area (Å²) in [5, 5.41) is 0. The first-order valence-corrected chi connectivity index (χ1v) is 5.52. The Bertz CT molecular complexity index is 484. The van der Waals surface area contributed by atoms with Crippen LogP contribution in [0.3, 0.4) is 0 Å². The lowest BCUT2D eigenvalue weighted by Crippen LogP contribution is -2.34. The molecule has 0 unspecified atom stereocenters. The van der Waals surface area contributed by atoms with E-state index in [2.05, 4.69) is 30.9 Å². The Hall–Kier alpha value is -0.940. The van der Waals surface area contributed by atoms with Crippen LogP contribution in [0.15, 0.2) is 16.7 Å². The number of fused-ring (bicyclic) bond motifs is 1. The van der Waals surface area contributed by atoms with Gasteiger partial charge in [-0.1, -0.05) is 0 Å². The van der Waals surface area contributed by atoms with Crippen LogP contribution in [0.25, 0.3) is 11.2 Å². The van der Waals surface area contributed by atoms with E-state index in [9.17, 15) is 0 Å². The van der Waals surface area contributed by atoms with Gasteiger partial charge in [0.05, 0.1) is 5.52 Å². The predicted molar refractivity (Wildman–Crippen MR) is 63.6 cm³/mol. The van der Waals surface area contributed by atoms with E-state index in [1.807, 2.05) is 19.9 Å². The second-order valence-corrected chi connectivity index (χ2v) is 5.29. The maximum absolute atomic E-state index is 5.93. The molecule has 0 bridgehead atoms. The van der Waals surface area contributed by atoms with Crippen LogP contribution >= 0.6 is 15.9 Å². The number of nitrogens with zero attached hydrogens (tertiary/aromatic N) is 2. The molecule has 15 heavy (non-hydrogen) atoms. The lowest BCUT2D eigenvalue weighted by molar-refractivity contribution is 0.505. The maximum Gasteiger partial charge on any atom is 0.177 e. The van der Waals surface area contributed by atoms with Crippen molar-refractivity contribution in [3.05, 3.63) is 22.6 Å². The minimum atomic E-state index is -0.259. The number of rotatable bonds is 2. The second kappa shape index (κ2) is 3.57. The van der Waals surface area contributed by atoms with E-state index in [1.165, 1.54) is 0 Å². The van der Waals surface area contributed by atoms with Crippen LogP contribution in [-0.4, -0.2) is 20.5 Å². The molecule has 2 heterocycles. The van der Waals surface area contributed by atoms with Gasteiger partial charge in [-0.25, -0.2) is 9.97 Å². The van der Waals surface area contributed by atoms with Gasteiger partial charge in [0, 0.05) is 22.6 Å². The normalized spacial score (nSPS) is 12.3. The van der Waals surface area contributed by atoms with Crippen LogP contribution in [0.1, 0.15) is 19.7 Å². The fourth-order valence-corrected chi connectivity index (χ4v) is 1.77. The van der Waals surface area contributed by atoms with Crippen LogP contribution in [0.2, 0.25) is 0 Å². The van der Waals surface area contributed by atoms with Crippen molar-refractivity contribution in [2.45, 2.75) is 25.8 Å². The molecule has 0 spiro atoms. The number of aromatic nitrogens is 3. The molecule has 0 aliphatic heterocycles. The van der Waals surface area contributed by atoms with E-state index in [0.717, 1.165) is 21.5 Å². The molecule has 0 aliphatic carbocycles. The first-order chi connectivity index (χ1) is 6.94. The van der Waals surface area contributed by atoms with Gasteiger partial charge in [0.25, 0.3) is 0 Å². The third kappa shape index (κ3) is 2.54. The molecule has 0 atom stereocenters. The van der Waals surface area contributed by atoms with E-state index >= 15 is 0 Å². The Balaban J connectivity index is 2.39. The lowest BCUT2D eigenvalue weighted by atomic mass is 10.0. The van der Waals surface area contributed by atoms with Gasteiger partial charge >= 0.3 is 0 Å². The predicted octanol–water partition coefficient (Wildman–Crippen LogP) is 2.00. The van der Waals surface area contributed by atoms with Crippen molar-refractivity contribution in [1.29, 1.82) is 0 Å². The summed E-state index contributed by atoms with van der Waals surface area (Å²) in [6.45, 7) is 3.95. The summed E-state index contributed by atoms with van der Waals surface area (Å²) in [6.07, 6.45) is 2.45. The van der Waals surface area contributed by atoms with Crippen LogP contribution in [0.4, 0.5) is 0 Å². The molecule has 2 rings (SSSR count). The van der Waals surface area contributed by atoms with Crippen molar-refractivity contribution < 1.29 is 0 Å². The summed E-state index contributed by atoms with van der Waals surface area (Å²) in [5.41, 5.74) is 7.34. The first-order valence-electron chi connectivity index (χ1n) is 4.73. The number of nitrogens with one attached hydrogen (secondary N) is 1. The smallest absolute Gasteiger partial charge is 0.177 e. The summed E-state index contributed by atoms with van der Waals surface area (Å²) in [4.78, 5) is 11.8. The van der Waals surface area contributed by atoms with Gasteiger partial charge in [0.2, 0.25) is 0 Å². The van der Waals surface area contributed by atoms with Gasteiger partial charge in [-0.15, -0.1) is 0 Å². The summed E-state index contributed by atoms with van der Waals surface area (Å²) in [6, 6.07) is 1.96. The molecule has 0 saturated heterocycles. The number of pyridine rings is 1. The molecule has 0 saturated carbocycles. The lowest BCUT2D eigenvalue weighted by Gasteiger charge is -2.15. The highest BCUT2D eigenvalue weighted by Gasteiger charge is 2.14. The number of nitrogens with two attached hydrogens (primary N) is 1. The highest BCUT2D eigenvalue weighted by atomic mass is 79.9. The van der Waals surface area contributed by atoms with Gasteiger partial charge in [-0.3, -0.25) is 0 Å². The van der Waals surface area contributed by atoms with Gasteiger partial charge in [-0.2, -0.15) is 0 Å². The van der Waals surface area contributed by atoms with Crippen molar-refractivity contribution in [2.75, 3.05) is 0 Å². The molecule has 0 aromatic carbocycles. The molecule has 0 radical (unpaired) electrons. The van der Waals surface area contributed by atoms with E-state index < -0.39 is 0 Å². The summed E-state index contributed by atoms with van der Waals surface area (Å²) >= 11 is 3.37. The zero-order valence-electron chi connectivity index (χ0n) is 8.71. The number of H-pyrrole nitrogens is 1. The van der Waals surface area contributed by atoms with Crippen LogP contribution in [0, 0.1) is 0 Å². The monoisotopic (exact) mass is 268 g/mol. The topological polar surface area (TPSA) is 67.6 Å². The molecule has 0 fully saturated rings. The second-order valence-electron chi connectivity index (χ2n) is 4.37. The summed E-state index contributed by atoms with van der Waals surface area (Å²) in [7, 11) is 0. The average Bonchev–Trinajstić information content (AvgIpc) is 2.42. The van der Waals surface area contributed by atoms with Crippen molar-refractivity contribution in [3.63, 3.8) is 0 Å². The third-order valence-electron chi connectivity index (χ3n) is 1.98. The Labute approximate surface area is 96.4 Å². The van der Waals surface area contributed by atoms with E-state index in [4.69, 9.17) is 5.73 Å². The molecular formula is C10H13BrN4.